The van der Waals surface area contributed by atoms with Crippen LogP contribution in [-0.4, -0.2) is 55.6 Å². The fraction of sp³-hybridized carbons (Fsp3) is 1.00. The van der Waals surface area contributed by atoms with Crippen LogP contribution in [0.1, 0.15) is 20.3 Å². The number of nitrogens with two attached hydrogens (primary N) is 1. The van der Waals surface area contributed by atoms with Crippen molar-refractivity contribution in [3.05, 3.63) is 0 Å². The first kappa shape index (κ1) is 12.0. The van der Waals surface area contributed by atoms with Crippen molar-refractivity contribution in [1.29, 1.82) is 0 Å². The molecule has 3 nitrogen and oxygen atoms in total. The van der Waals surface area contributed by atoms with E-state index in [0.29, 0.717) is 6.04 Å². The van der Waals surface area contributed by atoms with Crippen molar-refractivity contribution in [3.63, 3.8) is 0 Å². The molecular weight excluding hydrogens is 174 g/mol. The fourth-order valence-corrected chi connectivity index (χ4v) is 2.41. The first-order chi connectivity index (χ1) is 6.67. The Morgan fingerprint density at radius 2 is 2.00 bits per heavy atom. The summed E-state index contributed by atoms with van der Waals surface area (Å²) in [5.74, 6) is 0.780. The van der Waals surface area contributed by atoms with E-state index in [1.165, 1.54) is 26.2 Å². The molecule has 1 aliphatic heterocycles. The van der Waals surface area contributed by atoms with Gasteiger partial charge in [0.05, 0.1) is 0 Å². The molecule has 2 N–H and O–H groups in total. The van der Waals surface area contributed by atoms with Gasteiger partial charge in [-0.1, -0.05) is 13.8 Å². The van der Waals surface area contributed by atoms with E-state index in [-0.39, 0.29) is 0 Å². The maximum absolute atomic E-state index is 5.65. The minimum absolute atomic E-state index is 0.657. The molecule has 1 saturated heterocycles. The van der Waals surface area contributed by atoms with Crippen LogP contribution in [0.2, 0.25) is 0 Å². The van der Waals surface area contributed by atoms with Crippen LogP contribution in [0.4, 0.5) is 0 Å². The van der Waals surface area contributed by atoms with Crippen LogP contribution in [0.3, 0.4) is 0 Å². The van der Waals surface area contributed by atoms with E-state index >= 15 is 0 Å². The molecule has 1 aliphatic rings. The number of hydrogen-bond donors (Lipinski definition) is 1. The summed E-state index contributed by atoms with van der Waals surface area (Å²) in [6.07, 6.45) is 1.12. The molecule has 1 rings (SSSR count). The Hall–Kier alpha value is -0.120. The van der Waals surface area contributed by atoms with Crippen molar-refractivity contribution in [3.8, 4) is 0 Å². The van der Waals surface area contributed by atoms with Gasteiger partial charge in [0.1, 0.15) is 0 Å². The second-order valence-corrected chi connectivity index (χ2v) is 4.63. The van der Waals surface area contributed by atoms with Crippen LogP contribution >= 0.6 is 0 Å². The Bertz CT molecular complexity index is 161. The highest BCUT2D eigenvalue weighted by atomic mass is 15.2. The van der Waals surface area contributed by atoms with Crippen LogP contribution < -0.4 is 5.73 Å². The van der Waals surface area contributed by atoms with Gasteiger partial charge in [0.25, 0.3) is 0 Å². The fourth-order valence-electron chi connectivity index (χ4n) is 2.41. The van der Waals surface area contributed by atoms with Gasteiger partial charge in [0, 0.05) is 25.7 Å². The maximum Gasteiger partial charge on any atom is 0.0232 e. The molecule has 3 heteroatoms. The summed E-state index contributed by atoms with van der Waals surface area (Å²) in [4.78, 5) is 5.03. The molecule has 0 saturated carbocycles. The van der Waals surface area contributed by atoms with E-state index in [4.69, 9.17) is 5.73 Å². The van der Waals surface area contributed by atoms with Crippen molar-refractivity contribution < 1.29 is 0 Å². The first-order valence-corrected chi connectivity index (χ1v) is 5.80. The molecule has 2 atom stereocenters. The van der Waals surface area contributed by atoms with E-state index in [2.05, 4.69) is 30.7 Å². The summed E-state index contributed by atoms with van der Waals surface area (Å²) in [5, 5.41) is 0. The minimum Gasteiger partial charge on any atom is -0.330 e. The molecule has 1 fully saturated rings. The predicted octanol–water partition coefficient (Wildman–Crippen LogP) is 0.607. The van der Waals surface area contributed by atoms with Crippen LogP contribution in [0.25, 0.3) is 0 Å². The van der Waals surface area contributed by atoms with E-state index in [9.17, 15) is 0 Å². The highest BCUT2D eigenvalue weighted by molar-refractivity contribution is 4.80. The largest absolute Gasteiger partial charge is 0.330 e. The Balaban J connectivity index is 2.56. The summed E-state index contributed by atoms with van der Waals surface area (Å²) in [7, 11) is 2.23. The summed E-state index contributed by atoms with van der Waals surface area (Å²) in [6.45, 7) is 10.2. The van der Waals surface area contributed by atoms with Gasteiger partial charge in [-0.25, -0.2) is 0 Å². The molecule has 1 heterocycles. The van der Waals surface area contributed by atoms with E-state index in [1.807, 2.05) is 0 Å². The number of rotatable bonds is 3. The second-order valence-electron chi connectivity index (χ2n) is 4.63. The van der Waals surface area contributed by atoms with Gasteiger partial charge < -0.3 is 15.5 Å². The summed E-state index contributed by atoms with van der Waals surface area (Å²) in [6, 6.07) is 0.657. The van der Waals surface area contributed by atoms with E-state index in [1.54, 1.807) is 0 Å². The van der Waals surface area contributed by atoms with Gasteiger partial charge in [-0.3, -0.25) is 0 Å². The van der Waals surface area contributed by atoms with Crippen molar-refractivity contribution >= 4 is 0 Å². The lowest BCUT2D eigenvalue weighted by atomic mass is 10.1. The summed E-state index contributed by atoms with van der Waals surface area (Å²) >= 11 is 0. The smallest absolute Gasteiger partial charge is 0.0232 e. The Morgan fingerprint density at radius 3 is 2.57 bits per heavy atom. The van der Waals surface area contributed by atoms with Crippen LogP contribution in [0.15, 0.2) is 0 Å². The molecule has 0 aromatic carbocycles. The molecule has 0 aromatic rings. The van der Waals surface area contributed by atoms with Gasteiger partial charge in [0.2, 0.25) is 0 Å². The van der Waals surface area contributed by atoms with Crippen molar-refractivity contribution in [2.45, 2.75) is 26.3 Å². The quantitative estimate of drug-likeness (QED) is 0.723. The molecular formula is C11H25N3. The first-order valence-electron chi connectivity index (χ1n) is 5.80. The normalized spacial score (nSPS) is 31.7. The lowest BCUT2D eigenvalue weighted by Gasteiger charge is -2.27. The third-order valence-electron chi connectivity index (χ3n) is 3.21. The average Bonchev–Trinajstić information content (AvgIpc) is 2.27. The topological polar surface area (TPSA) is 32.5 Å². The van der Waals surface area contributed by atoms with Crippen molar-refractivity contribution in [1.82, 2.24) is 9.80 Å². The Labute approximate surface area is 88.2 Å². The third kappa shape index (κ3) is 3.23. The van der Waals surface area contributed by atoms with E-state index < -0.39 is 0 Å². The molecule has 0 radical (unpaired) electrons. The van der Waals surface area contributed by atoms with Gasteiger partial charge in [0.15, 0.2) is 0 Å². The van der Waals surface area contributed by atoms with Gasteiger partial charge in [-0.2, -0.15) is 0 Å². The summed E-state index contributed by atoms with van der Waals surface area (Å²) in [5.41, 5.74) is 5.65. The molecule has 0 spiro atoms. The minimum atomic E-state index is 0.657. The maximum atomic E-state index is 5.65. The molecule has 0 amide bonds. The standard InChI is InChI=1S/C11H25N3/c1-4-14-8-10(2)7-13(3)11(9-14)5-6-12/h10-11H,4-9,12H2,1-3H3. The average molecular weight is 199 g/mol. The Morgan fingerprint density at radius 1 is 1.29 bits per heavy atom. The second kappa shape index (κ2) is 5.69. The van der Waals surface area contributed by atoms with Crippen LogP contribution in [-0.2, 0) is 0 Å². The molecule has 84 valence electrons. The van der Waals surface area contributed by atoms with Crippen LogP contribution in [0, 0.1) is 5.92 Å². The lowest BCUT2D eigenvalue weighted by molar-refractivity contribution is 0.204. The zero-order valence-corrected chi connectivity index (χ0v) is 9.87. The molecule has 14 heavy (non-hydrogen) atoms. The lowest BCUT2D eigenvalue weighted by Crippen LogP contribution is -2.40. The monoisotopic (exact) mass is 199 g/mol. The highest BCUT2D eigenvalue weighted by Crippen LogP contribution is 2.14. The summed E-state index contributed by atoms with van der Waals surface area (Å²) < 4.78 is 0. The SMILES string of the molecule is CCN1CC(C)CN(C)C(CCN)C1. The van der Waals surface area contributed by atoms with Crippen molar-refractivity contribution in [2.24, 2.45) is 11.7 Å². The van der Waals surface area contributed by atoms with Crippen LogP contribution in [0.5, 0.6) is 0 Å². The molecule has 0 bridgehead atoms. The molecule has 2 unspecified atom stereocenters. The van der Waals surface area contributed by atoms with Crippen molar-refractivity contribution in [2.75, 3.05) is 39.8 Å². The number of likely N-dealkylation sites (N-methyl/N-ethyl adjacent to an activating group) is 2. The number of nitrogens with zero attached hydrogens (tertiary/aromatic N) is 2. The predicted molar refractivity (Wildman–Crippen MR) is 61.4 cm³/mol. The molecule has 0 aromatic heterocycles. The zero-order chi connectivity index (χ0) is 10.6. The Kier molecular flexibility index (Phi) is 4.85. The molecule has 0 aliphatic carbocycles. The highest BCUT2D eigenvalue weighted by Gasteiger charge is 2.24. The van der Waals surface area contributed by atoms with Gasteiger partial charge >= 0.3 is 0 Å². The van der Waals surface area contributed by atoms with Gasteiger partial charge in [-0.05, 0) is 32.5 Å². The van der Waals surface area contributed by atoms with Gasteiger partial charge in [-0.15, -0.1) is 0 Å². The number of hydrogen-bond acceptors (Lipinski definition) is 3. The van der Waals surface area contributed by atoms with E-state index in [0.717, 1.165) is 18.9 Å². The third-order valence-corrected chi connectivity index (χ3v) is 3.21. The zero-order valence-electron chi connectivity index (χ0n) is 9.87.